The summed E-state index contributed by atoms with van der Waals surface area (Å²) < 4.78 is 7.72. The molecule has 3 aromatic rings. The van der Waals surface area contributed by atoms with Crippen LogP contribution in [0.4, 0.5) is 0 Å². The molecule has 4 rings (SSSR count). The monoisotopic (exact) mass is 418 g/mol. The van der Waals surface area contributed by atoms with Crippen LogP contribution in [0.5, 0.6) is 5.75 Å². The van der Waals surface area contributed by atoms with Crippen molar-refractivity contribution in [2.75, 3.05) is 26.2 Å². The number of rotatable bonds is 6. The van der Waals surface area contributed by atoms with Crippen molar-refractivity contribution in [3.63, 3.8) is 0 Å². The van der Waals surface area contributed by atoms with E-state index in [0.717, 1.165) is 50.7 Å². The second-order valence-electron chi connectivity index (χ2n) is 8.17. The molecule has 1 aromatic heterocycles. The quantitative estimate of drug-likeness (QED) is 0.613. The van der Waals surface area contributed by atoms with Gasteiger partial charge in [-0.2, -0.15) is 0 Å². The van der Waals surface area contributed by atoms with Gasteiger partial charge in [0.05, 0.1) is 0 Å². The number of ether oxygens (including phenoxy) is 1. The van der Waals surface area contributed by atoms with E-state index in [1.807, 2.05) is 47.0 Å². The molecule has 162 valence electrons. The van der Waals surface area contributed by atoms with E-state index in [1.165, 1.54) is 11.1 Å². The molecule has 1 aliphatic rings. The predicted molar refractivity (Wildman–Crippen MR) is 121 cm³/mol. The molecule has 1 saturated heterocycles. The van der Waals surface area contributed by atoms with Crippen LogP contribution in [-0.4, -0.2) is 51.4 Å². The Hall–Kier alpha value is -3.12. The summed E-state index contributed by atoms with van der Waals surface area (Å²) >= 11 is 0. The standard InChI is InChI=1S/C25H30N4O2/c1-20-4-6-21(7-5-20)18-28-13-3-14-29(17-16-28)25(30)22-8-10-23(11-9-22)31-19-24-26-12-15-27(24)2/h4-12,15H,3,13-14,16-19H2,1-2H3. The molecule has 0 radical (unpaired) electrons. The van der Waals surface area contributed by atoms with E-state index in [4.69, 9.17) is 4.74 Å². The molecule has 2 aromatic carbocycles. The van der Waals surface area contributed by atoms with Crippen molar-refractivity contribution in [3.05, 3.63) is 83.4 Å². The molecule has 31 heavy (non-hydrogen) atoms. The second kappa shape index (κ2) is 9.79. The van der Waals surface area contributed by atoms with Crippen LogP contribution >= 0.6 is 0 Å². The van der Waals surface area contributed by atoms with Gasteiger partial charge in [-0.1, -0.05) is 29.8 Å². The van der Waals surface area contributed by atoms with Crippen LogP contribution in [0.3, 0.4) is 0 Å². The Bertz CT molecular complexity index is 995. The van der Waals surface area contributed by atoms with Gasteiger partial charge < -0.3 is 14.2 Å². The highest BCUT2D eigenvalue weighted by Gasteiger charge is 2.20. The van der Waals surface area contributed by atoms with Crippen molar-refractivity contribution in [1.29, 1.82) is 0 Å². The van der Waals surface area contributed by atoms with Crippen molar-refractivity contribution < 1.29 is 9.53 Å². The minimum atomic E-state index is 0.0906. The zero-order valence-corrected chi connectivity index (χ0v) is 18.3. The first-order chi connectivity index (χ1) is 15.1. The third kappa shape index (κ3) is 5.52. The van der Waals surface area contributed by atoms with Crippen molar-refractivity contribution in [1.82, 2.24) is 19.4 Å². The molecule has 6 heteroatoms. The fourth-order valence-corrected chi connectivity index (χ4v) is 3.84. The number of carbonyl (C=O) groups excluding carboxylic acids is 1. The number of nitrogens with zero attached hydrogens (tertiary/aromatic N) is 4. The van der Waals surface area contributed by atoms with Crippen LogP contribution in [0, 0.1) is 6.92 Å². The van der Waals surface area contributed by atoms with E-state index in [-0.39, 0.29) is 5.91 Å². The van der Waals surface area contributed by atoms with Crippen LogP contribution < -0.4 is 4.74 Å². The highest BCUT2D eigenvalue weighted by molar-refractivity contribution is 5.94. The van der Waals surface area contributed by atoms with Crippen LogP contribution in [0.25, 0.3) is 0 Å². The van der Waals surface area contributed by atoms with Gasteiger partial charge in [0.25, 0.3) is 5.91 Å². The fourth-order valence-electron chi connectivity index (χ4n) is 3.84. The van der Waals surface area contributed by atoms with E-state index in [0.29, 0.717) is 12.2 Å². The van der Waals surface area contributed by atoms with E-state index in [1.54, 1.807) is 6.20 Å². The number of benzene rings is 2. The van der Waals surface area contributed by atoms with Gasteiger partial charge in [0.15, 0.2) is 0 Å². The maximum absolute atomic E-state index is 13.0. The molecule has 6 nitrogen and oxygen atoms in total. The molecule has 0 spiro atoms. The van der Waals surface area contributed by atoms with Gasteiger partial charge in [0, 0.05) is 57.7 Å². The summed E-state index contributed by atoms with van der Waals surface area (Å²) in [6, 6.07) is 16.1. The summed E-state index contributed by atoms with van der Waals surface area (Å²) in [5.74, 6) is 1.69. The zero-order chi connectivity index (χ0) is 21.6. The van der Waals surface area contributed by atoms with Gasteiger partial charge in [-0.05, 0) is 43.2 Å². The Balaban J connectivity index is 1.30. The van der Waals surface area contributed by atoms with Crippen molar-refractivity contribution >= 4 is 5.91 Å². The number of hydrogen-bond donors (Lipinski definition) is 0. The first-order valence-corrected chi connectivity index (χ1v) is 10.8. The lowest BCUT2D eigenvalue weighted by atomic mass is 10.1. The van der Waals surface area contributed by atoms with Gasteiger partial charge in [-0.15, -0.1) is 0 Å². The molecular formula is C25H30N4O2. The highest BCUT2D eigenvalue weighted by atomic mass is 16.5. The van der Waals surface area contributed by atoms with Crippen molar-refractivity contribution in [2.24, 2.45) is 7.05 Å². The second-order valence-corrected chi connectivity index (χ2v) is 8.17. The molecule has 0 bridgehead atoms. The largest absolute Gasteiger partial charge is 0.486 e. The fraction of sp³-hybridized carbons (Fsp3) is 0.360. The Morgan fingerprint density at radius 1 is 1.00 bits per heavy atom. The zero-order valence-electron chi connectivity index (χ0n) is 18.3. The average Bonchev–Trinajstić information content (AvgIpc) is 3.05. The molecule has 0 N–H and O–H groups in total. The molecule has 1 fully saturated rings. The van der Waals surface area contributed by atoms with E-state index in [2.05, 4.69) is 41.1 Å². The number of aromatic nitrogens is 2. The number of amides is 1. The van der Waals surface area contributed by atoms with E-state index in [9.17, 15) is 4.79 Å². The highest BCUT2D eigenvalue weighted by Crippen LogP contribution is 2.17. The molecule has 0 aliphatic carbocycles. The maximum atomic E-state index is 13.0. The SMILES string of the molecule is Cc1ccc(CN2CCCN(C(=O)c3ccc(OCc4nccn4C)cc3)CC2)cc1. The van der Waals surface area contributed by atoms with Gasteiger partial charge in [0.2, 0.25) is 0 Å². The summed E-state index contributed by atoms with van der Waals surface area (Å²) in [5.41, 5.74) is 3.31. The van der Waals surface area contributed by atoms with Gasteiger partial charge >= 0.3 is 0 Å². The summed E-state index contributed by atoms with van der Waals surface area (Å²) in [6.45, 7) is 6.90. The molecule has 1 amide bonds. The summed E-state index contributed by atoms with van der Waals surface area (Å²) in [6.07, 6.45) is 4.63. The van der Waals surface area contributed by atoms with Crippen molar-refractivity contribution in [3.8, 4) is 5.75 Å². The average molecular weight is 419 g/mol. The summed E-state index contributed by atoms with van der Waals surface area (Å²) in [5, 5.41) is 0. The molecule has 0 saturated carbocycles. The van der Waals surface area contributed by atoms with Gasteiger partial charge in [-0.3, -0.25) is 9.69 Å². The topological polar surface area (TPSA) is 50.6 Å². The predicted octanol–water partition coefficient (Wildman–Crippen LogP) is 3.66. The maximum Gasteiger partial charge on any atom is 0.253 e. The van der Waals surface area contributed by atoms with E-state index < -0.39 is 0 Å². The third-order valence-electron chi connectivity index (χ3n) is 5.79. The lowest BCUT2D eigenvalue weighted by molar-refractivity contribution is 0.0761. The van der Waals surface area contributed by atoms with Crippen molar-refractivity contribution in [2.45, 2.75) is 26.5 Å². The molecule has 2 heterocycles. The van der Waals surface area contributed by atoms with Crippen LogP contribution in [0.15, 0.2) is 60.9 Å². The van der Waals surface area contributed by atoms with Gasteiger partial charge in [-0.25, -0.2) is 4.98 Å². The molecule has 1 aliphatic heterocycles. The summed E-state index contributed by atoms with van der Waals surface area (Å²) in [7, 11) is 1.94. The molecule has 0 atom stereocenters. The Labute approximate surface area is 184 Å². The van der Waals surface area contributed by atoms with Crippen LogP contribution in [0.2, 0.25) is 0 Å². The van der Waals surface area contributed by atoms with Gasteiger partial charge in [0.1, 0.15) is 18.2 Å². The number of hydrogen-bond acceptors (Lipinski definition) is 4. The lowest BCUT2D eigenvalue weighted by Crippen LogP contribution is -2.35. The Morgan fingerprint density at radius 2 is 1.77 bits per heavy atom. The molecule has 0 unspecified atom stereocenters. The minimum absolute atomic E-state index is 0.0906. The Kier molecular flexibility index (Phi) is 6.67. The number of aryl methyl sites for hydroxylation is 2. The lowest BCUT2D eigenvalue weighted by Gasteiger charge is -2.22. The third-order valence-corrected chi connectivity index (χ3v) is 5.79. The number of carbonyl (C=O) groups is 1. The van der Waals surface area contributed by atoms with Crippen LogP contribution in [0.1, 0.15) is 33.7 Å². The Morgan fingerprint density at radius 3 is 2.48 bits per heavy atom. The smallest absolute Gasteiger partial charge is 0.253 e. The first kappa shape index (κ1) is 21.1. The number of imidazole rings is 1. The van der Waals surface area contributed by atoms with Crippen LogP contribution in [-0.2, 0) is 20.2 Å². The summed E-state index contributed by atoms with van der Waals surface area (Å²) in [4.78, 5) is 21.7. The normalized spacial score (nSPS) is 15.0. The minimum Gasteiger partial charge on any atom is -0.486 e. The van der Waals surface area contributed by atoms with E-state index >= 15 is 0 Å². The first-order valence-electron chi connectivity index (χ1n) is 10.8. The molecular weight excluding hydrogens is 388 g/mol.